The Morgan fingerprint density at radius 2 is 1.64 bits per heavy atom. The first kappa shape index (κ1) is 23.1. The Bertz CT molecular complexity index is 417. The van der Waals surface area contributed by atoms with E-state index in [1.54, 1.807) is 0 Å². The Morgan fingerprint density at radius 1 is 1.08 bits per heavy atom. The van der Waals surface area contributed by atoms with Gasteiger partial charge in [0, 0.05) is 25.6 Å². The van der Waals surface area contributed by atoms with Gasteiger partial charge in [-0.1, -0.05) is 41.5 Å². The third kappa shape index (κ3) is 6.30. The van der Waals surface area contributed by atoms with Crippen LogP contribution in [0, 0.1) is 5.92 Å². The molecule has 0 bridgehead atoms. The van der Waals surface area contributed by atoms with Gasteiger partial charge in [0.25, 0.3) is 0 Å². The summed E-state index contributed by atoms with van der Waals surface area (Å²) in [5, 5.41) is 0.213. The van der Waals surface area contributed by atoms with Crippen molar-refractivity contribution in [3.8, 4) is 0 Å². The van der Waals surface area contributed by atoms with E-state index in [0.29, 0.717) is 24.5 Å². The second kappa shape index (κ2) is 9.29. The molecule has 0 heterocycles. The van der Waals surface area contributed by atoms with Gasteiger partial charge in [0.05, 0.1) is 0 Å². The van der Waals surface area contributed by atoms with Gasteiger partial charge >= 0.3 is 0 Å². The van der Waals surface area contributed by atoms with E-state index >= 15 is 0 Å². The van der Waals surface area contributed by atoms with Crippen LogP contribution in [-0.2, 0) is 13.6 Å². The number of hydrogen-bond donors (Lipinski definition) is 0. The van der Waals surface area contributed by atoms with Crippen LogP contribution in [0.15, 0.2) is 0 Å². The number of carbonyl (C=O) groups excluding carboxylic acids is 1. The summed E-state index contributed by atoms with van der Waals surface area (Å²) in [6.07, 6.45) is 3.48. The van der Waals surface area contributed by atoms with Gasteiger partial charge in [-0.15, -0.1) is 0 Å². The van der Waals surface area contributed by atoms with E-state index in [4.69, 9.17) is 8.85 Å². The van der Waals surface area contributed by atoms with Crippen LogP contribution < -0.4 is 0 Å². The Morgan fingerprint density at radius 3 is 2.12 bits per heavy atom. The minimum absolute atomic E-state index is 0.213. The molecule has 0 radical (unpaired) electrons. The standard InChI is InChI=1S/C20H42O3Si2/c1-9-25(10-2,11-3)22-15-14-17-16-18(21)12-13-19(17)23-24(7,8)20(4,5)6/h17,19H,9-16H2,1-8H3/t17-,19+/m1/s1. The predicted molar refractivity (Wildman–Crippen MR) is 112 cm³/mol. The molecule has 0 saturated heterocycles. The van der Waals surface area contributed by atoms with E-state index in [2.05, 4.69) is 54.6 Å². The van der Waals surface area contributed by atoms with Crippen molar-refractivity contribution in [1.82, 2.24) is 0 Å². The van der Waals surface area contributed by atoms with E-state index in [0.717, 1.165) is 19.4 Å². The molecule has 1 aliphatic rings. The van der Waals surface area contributed by atoms with Crippen molar-refractivity contribution in [3.05, 3.63) is 0 Å². The summed E-state index contributed by atoms with van der Waals surface area (Å²) >= 11 is 0. The lowest BCUT2D eigenvalue weighted by Crippen LogP contribution is -2.47. The van der Waals surface area contributed by atoms with Crippen molar-refractivity contribution < 1.29 is 13.6 Å². The van der Waals surface area contributed by atoms with Crippen LogP contribution >= 0.6 is 0 Å². The fourth-order valence-corrected chi connectivity index (χ4v) is 7.63. The Balaban J connectivity index is 2.71. The second-order valence-corrected chi connectivity index (χ2v) is 18.9. The predicted octanol–water partition coefficient (Wildman–Crippen LogP) is 6.16. The van der Waals surface area contributed by atoms with Crippen LogP contribution in [0.3, 0.4) is 0 Å². The monoisotopic (exact) mass is 386 g/mol. The molecule has 0 aromatic rings. The number of Topliss-reactive ketones (excluding diaryl/α,β-unsaturated/α-hetero) is 1. The van der Waals surface area contributed by atoms with E-state index in [1.807, 2.05) is 0 Å². The molecule has 0 N–H and O–H groups in total. The molecule has 0 unspecified atom stereocenters. The van der Waals surface area contributed by atoms with Crippen molar-refractivity contribution in [1.29, 1.82) is 0 Å². The van der Waals surface area contributed by atoms with Gasteiger partial charge in [-0.3, -0.25) is 4.79 Å². The number of rotatable bonds is 9. The van der Waals surface area contributed by atoms with Crippen LogP contribution in [0.4, 0.5) is 0 Å². The molecule has 1 rings (SSSR count). The maximum atomic E-state index is 12.0. The molecular formula is C20H42O3Si2. The normalized spacial score (nSPS) is 23.1. The smallest absolute Gasteiger partial charge is 0.192 e. The van der Waals surface area contributed by atoms with Gasteiger partial charge < -0.3 is 8.85 Å². The van der Waals surface area contributed by atoms with Crippen molar-refractivity contribution in [2.75, 3.05) is 6.61 Å². The van der Waals surface area contributed by atoms with E-state index in [-0.39, 0.29) is 11.1 Å². The SMILES string of the molecule is CC[Si](CC)(CC)OCC[C@@H]1CC(=O)CC[C@@H]1O[Si](C)(C)C(C)(C)C. The van der Waals surface area contributed by atoms with Crippen molar-refractivity contribution in [2.45, 2.75) is 110 Å². The average Bonchev–Trinajstić information content (AvgIpc) is 2.53. The first-order valence-electron chi connectivity index (χ1n) is 10.3. The topological polar surface area (TPSA) is 35.5 Å². The molecule has 25 heavy (non-hydrogen) atoms. The van der Waals surface area contributed by atoms with Gasteiger partial charge in [0.2, 0.25) is 0 Å². The summed E-state index contributed by atoms with van der Waals surface area (Å²) in [6.45, 7) is 19.1. The van der Waals surface area contributed by atoms with Crippen LogP contribution in [0.2, 0.25) is 36.3 Å². The number of carbonyl (C=O) groups is 1. The van der Waals surface area contributed by atoms with Crippen LogP contribution in [0.5, 0.6) is 0 Å². The highest BCUT2D eigenvalue weighted by Gasteiger charge is 2.42. The van der Waals surface area contributed by atoms with Gasteiger partial charge in [-0.2, -0.15) is 0 Å². The number of hydrogen-bond acceptors (Lipinski definition) is 3. The molecule has 0 aromatic carbocycles. The van der Waals surface area contributed by atoms with Crippen molar-refractivity contribution in [2.24, 2.45) is 5.92 Å². The summed E-state index contributed by atoms with van der Waals surface area (Å²) in [5.41, 5.74) is 0. The van der Waals surface area contributed by atoms with Crippen molar-refractivity contribution >= 4 is 22.4 Å². The van der Waals surface area contributed by atoms with Gasteiger partial charge in [-0.25, -0.2) is 0 Å². The third-order valence-corrected chi connectivity index (χ3v) is 16.0. The zero-order valence-corrected chi connectivity index (χ0v) is 20.0. The first-order chi connectivity index (χ1) is 11.5. The zero-order valence-electron chi connectivity index (χ0n) is 18.0. The van der Waals surface area contributed by atoms with Gasteiger partial charge in [-0.05, 0) is 55.0 Å². The van der Waals surface area contributed by atoms with E-state index in [1.165, 1.54) is 18.1 Å². The van der Waals surface area contributed by atoms with Crippen LogP contribution in [0.25, 0.3) is 0 Å². The third-order valence-electron chi connectivity index (χ3n) is 6.81. The molecule has 0 spiro atoms. The molecule has 1 fully saturated rings. The van der Waals surface area contributed by atoms with Crippen molar-refractivity contribution in [3.63, 3.8) is 0 Å². The maximum absolute atomic E-state index is 12.0. The first-order valence-corrected chi connectivity index (χ1v) is 15.8. The van der Waals surface area contributed by atoms with E-state index < -0.39 is 16.6 Å². The van der Waals surface area contributed by atoms with Crippen LogP contribution in [0.1, 0.15) is 67.2 Å². The highest BCUT2D eigenvalue weighted by atomic mass is 28.4. The summed E-state index contributed by atoms with van der Waals surface area (Å²) < 4.78 is 13.2. The molecule has 3 nitrogen and oxygen atoms in total. The van der Waals surface area contributed by atoms with Gasteiger partial charge in [0.1, 0.15) is 5.78 Å². The quantitative estimate of drug-likeness (QED) is 0.445. The highest BCUT2D eigenvalue weighted by Crippen LogP contribution is 2.40. The summed E-state index contributed by atoms with van der Waals surface area (Å²) in [4.78, 5) is 12.0. The lowest BCUT2D eigenvalue weighted by Gasteiger charge is -2.43. The summed E-state index contributed by atoms with van der Waals surface area (Å²) in [6, 6.07) is 3.56. The highest BCUT2D eigenvalue weighted by molar-refractivity contribution is 6.74. The van der Waals surface area contributed by atoms with Crippen LogP contribution in [-0.4, -0.2) is 35.1 Å². The molecular weight excluding hydrogens is 344 g/mol. The van der Waals surface area contributed by atoms with E-state index in [9.17, 15) is 4.79 Å². The Hall–Kier alpha value is 0.0238. The Labute approximate surface area is 158 Å². The average molecular weight is 387 g/mol. The Kier molecular flexibility index (Phi) is 8.57. The molecule has 2 atom stereocenters. The van der Waals surface area contributed by atoms with Gasteiger partial charge in [0.15, 0.2) is 16.6 Å². The minimum Gasteiger partial charge on any atom is -0.417 e. The number of ketones is 1. The summed E-state index contributed by atoms with van der Waals surface area (Å²) in [5.74, 6) is 0.748. The lowest BCUT2D eigenvalue weighted by molar-refractivity contribution is -0.124. The second-order valence-electron chi connectivity index (χ2n) is 9.34. The molecule has 148 valence electrons. The molecule has 1 saturated carbocycles. The molecule has 1 aliphatic carbocycles. The fraction of sp³-hybridized carbons (Fsp3) is 0.950. The molecule has 0 aromatic heterocycles. The maximum Gasteiger partial charge on any atom is 0.192 e. The summed E-state index contributed by atoms with van der Waals surface area (Å²) in [7, 11) is -3.33. The largest absolute Gasteiger partial charge is 0.417 e. The molecule has 0 amide bonds. The zero-order chi connectivity index (χ0) is 19.3. The molecule has 0 aliphatic heterocycles. The fourth-order valence-electron chi connectivity index (χ4n) is 3.55. The minimum atomic E-state index is -1.80. The molecule has 5 heteroatoms. The lowest BCUT2D eigenvalue weighted by atomic mass is 9.84.